The normalized spacial score (nSPS) is 39.9. The third-order valence-corrected chi connectivity index (χ3v) is 2.75. The summed E-state index contributed by atoms with van der Waals surface area (Å²) in [7, 11) is 0. The van der Waals surface area contributed by atoms with Crippen molar-refractivity contribution in [2.24, 2.45) is 0 Å². The maximum absolute atomic E-state index is 10.8. The molecule has 5 nitrogen and oxygen atoms in total. The van der Waals surface area contributed by atoms with Crippen LogP contribution in [0.2, 0.25) is 0 Å². The molecule has 1 N–H and O–H groups in total. The summed E-state index contributed by atoms with van der Waals surface area (Å²) in [5.41, 5.74) is -0.484. The first-order chi connectivity index (χ1) is 6.32. The summed E-state index contributed by atoms with van der Waals surface area (Å²) in [6.45, 7) is 6.38. The molecule has 0 radical (unpaired) electrons. The zero-order valence-electron chi connectivity index (χ0n) is 8.61. The summed E-state index contributed by atoms with van der Waals surface area (Å²) >= 11 is 0. The van der Waals surface area contributed by atoms with Gasteiger partial charge in [-0.3, -0.25) is 0 Å². The van der Waals surface area contributed by atoms with Gasteiger partial charge >= 0.3 is 6.09 Å². The van der Waals surface area contributed by atoms with Gasteiger partial charge in [-0.25, -0.2) is 4.79 Å². The summed E-state index contributed by atoms with van der Waals surface area (Å²) in [4.78, 5) is 12.1. The minimum atomic E-state index is -0.911. The van der Waals surface area contributed by atoms with Crippen LogP contribution < -0.4 is 0 Å². The Labute approximate surface area is 82.6 Å². The number of nitrogens with zero attached hydrogens (tertiary/aromatic N) is 1. The highest BCUT2D eigenvalue weighted by molar-refractivity contribution is 5.65. The van der Waals surface area contributed by atoms with E-state index in [1.165, 1.54) is 4.90 Å². The van der Waals surface area contributed by atoms with Gasteiger partial charge in [-0.15, -0.1) is 0 Å². The van der Waals surface area contributed by atoms with Crippen molar-refractivity contribution in [3.63, 3.8) is 0 Å². The molecular weight excluding hydrogens is 186 g/mol. The van der Waals surface area contributed by atoms with Crippen molar-refractivity contribution in [3.8, 4) is 0 Å². The monoisotopic (exact) mass is 201 g/mol. The van der Waals surface area contributed by atoms with Gasteiger partial charge in [0, 0.05) is 0 Å². The van der Waals surface area contributed by atoms with Gasteiger partial charge < -0.3 is 19.5 Å². The smallest absolute Gasteiger partial charge is 0.407 e. The van der Waals surface area contributed by atoms with Gasteiger partial charge in [0.05, 0.1) is 13.1 Å². The van der Waals surface area contributed by atoms with Gasteiger partial charge in [-0.05, 0) is 20.8 Å². The summed E-state index contributed by atoms with van der Waals surface area (Å²) in [5.74, 6) is -0.593. The fraction of sp³-hybridized carbons (Fsp3) is 0.889. The Morgan fingerprint density at radius 1 is 1.50 bits per heavy atom. The van der Waals surface area contributed by atoms with Crippen LogP contribution in [-0.2, 0) is 9.47 Å². The lowest BCUT2D eigenvalue weighted by Gasteiger charge is -2.25. The van der Waals surface area contributed by atoms with Crippen LogP contribution in [0.3, 0.4) is 0 Å². The number of amides is 1. The maximum atomic E-state index is 10.8. The Balaban J connectivity index is 2.14. The molecule has 14 heavy (non-hydrogen) atoms. The van der Waals surface area contributed by atoms with Crippen molar-refractivity contribution >= 4 is 6.09 Å². The van der Waals surface area contributed by atoms with E-state index >= 15 is 0 Å². The lowest BCUT2D eigenvalue weighted by atomic mass is 10.0. The first-order valence-corrected chi connectivity index (χ1v) is 4.68. The predicted molar refractivity (Wildman–Crippen MR) is 48.0 cm³/mol. The molecule has 2 fully saturated rings. The largest absolute Gasteiger partial charge is 0.465 e. The fourth-order valence-electron chi connectivity index (χ4n) is 2.27. The number of carbonyl (C=O) groups is 1. The van der Waals surface area contributed by atoms with Crippen molar-refractivity contribution in [1.82, 2.24) is 4.90 Å². The Morgan fingerprint density at radius 3 is 2.64 bits per heavy atom. The van der Waals surface area contributed by atoms with E-state index in [9.17, 15) is 4.79 Å². The topological polar surface area (TPSA) is 59.0 Å². The number of rotatable bonds is 0. The molecule has 0 bridgehead atoms. The Morgan fingerprint density at radius 2 is 2.14 bits per heavy atom. The summed E-state index contributed by atoms with van der Waals surface area (Å²) < 4.78 is 11.3. The second kappa shape index (κ2) is 2.61. The van der Waals surface area contributed by atoms with E-state index in [-0.39, 0.29) is 6.10 Å². The standard InChI is InChI=1S/C9H15NO4/c1-8(2)13-6-4-10(7(11)12)5-9(6,3)14-8/h6H,4-5H2,1-3H3,(H,11,12). The number of fused-ring (bicyclic) bond motifs is 1. The van der Waals surface area contributed by atoms with Crippen molar-refractivity contribution in [1.29, 1.82) is 0 Å². The molecule has 2 aliphatic rings. The van der Waals surface area contributed by atoms with E-state index in [2.05, 4.69) is 0 Å². The van der Waals surface area contributed by atoms with Crippen LogP contribution >= 0.6 is 0 Å². The predicted octanol–water partition coefficient (Wildman–Crippen LogP) is 0.890. The molecular formula is C9H15NO4. The molecule has 0 aromatic heterocycles. The van der Waals surface area contributed by atoms with Crippen molar-refractivity contribution in [2.75, 3.05) is 13.1 Å². The molecule has 1 amide bonds. The maximum Gasteiger partial charge on any atom is 0.407 e. The van der Waals surface area contributed by atoms with E-state index in [0.29, 0.717) is 13.1 Å². The van der Waals surface area contributed by atoms with Crippen LogP contribution in [0.15, 0.2) is 0 Å². The molecule has 2 unspecified atom stereocenters. The van der Waals surface area contributed by atoms with E-state index in [0.717, 1.165) is 0 Å². The minimum absolute atomic E-state index is 0.145. The van der Waals surface area contributed by atoms with Gasteiger partial charge in [0.2, 0.25) is 0 Å². The average molecular weight is 201 g/mol. The molecule has 2 rings (SSSR count). The molecule has 0 aromatic carbocycles. The number of likely N-dealkylation sites (tertiary alicyclic amines) is 1. The molecule has 2 saturated heterocycles. The third-order valence-electron chi connectivity index (χ3n) is 2.75. The second-order valence-corrected chi connectivity index (χ2v) is 4.58. The molecule has 0 aromatic rings. The van der Waals surface area contributed by atoms with Crippen LogP contribution in [0.1, 0.15) is 20.8 Å². The first-order valence-electron chi connectivity index (χ1n) is 4.68. The van der Waals surface area contributed by atoms with Crippen LogP contribution in [0.5, 0.6) is 0 Å². The summed E-state index contributed by atoms with van der Waals surface area (Å²) in [6.07, 6.45) is -1.06. The van der Waals surface area contributed by atoms with Gasteiger partial charge in [0.1, 0.15) is 11.7 Å². The van der Waals surface area contributed by atoms with Gasteiger partial charge in [-0.2, -0.15) is 0 Å². The SMILES string of the molecule is CC1(C)OC2CN(C(=O)O)CC2(C)O1. The Hall–Kier alpha value is -0.810. The molecule has 80 valence electrons. The second-order valence-electron chi connectivity index (χ2n) is 4.58. The third kappa shape index (κ3) is 1.36. The molecule has 0 saturated carbocycles. The Kier molecular flexibility index (Phi) is 1.81. The highest BCUT2D eigenvalue weighted by Crippen LogP contribution is 2.40. The van der Waals surface area contributed by atoms with Gasteiger partial charge in [0.15, 0.2) is 5.79 Å². The lowest BCUT2D eigenvalue weighted by molar-refractivity contribution is -0.168. The molecule has 0 aliphatic carbocycles. The molecule has 2 aliphatic heterocycles. The van der Waals surface area contributed by atoms with Crippen molar-refractivity contribution in [2.45, 2.75) is 38.3 Å². The van der Waals surface area contributed by atoms with Crippen LogP contribution in [0, 0.1) is 0 Å². The molecule has 2 heterocycles. The van der Waals surface area contributed by atoms with Gasteiger partial charge in [-0.1, -0.05) is 0 Å². The minimum Gasteiger partial charge on any atom is -0.465 e. The number of ether oxygens (including phenoxy) is 2. The highest BCUT2D eigenvalue weighted by atomic mass is 16.8. The zero-order valence-corrected chi connectivity index (χ0v) is 8.61. The van der Waals surface area contributed by atoms with E-state index in [4.69, 9.17) is 14.6 Å². The molecule has 2 atom stereocenters. The van der Waals surface area contributed by atoms with Crippen LogP contribution in [-0.4, -0.2) is 46.7 Å². The lowest BCUT2D eigenvalue weighted by Crippen LogP contribution is -2.38. The molecule has 5 heteroatoms. The quantitative estimate of drug-likeness (QED) is 0.632. The van der Waals surface area contributed by atoms with Gasteiger partial charge in [0.25, 0.3) is 0 Å². The fourth-order valence-corrected chi connectivity index (χ4v) is 2.27. The average Bonchev–Trinajstić information content (AvgIpc) is 2.34. The summed E-state index contributed by atoms with van der Waals surface area (Å²) in [5, 5.41) is 8.83. The molecule has 0 spiro atoms. The van der Waals surface area contributed by atoms with Crippen LogP contribution in [0.4, 0.5) is 4.79 Å². The van der Waals surface area contributed by atoms with E-state index in [1.54, 1.807) is 0 Å². The first kappa shape index (κ1) is 9.73. The zero-order chi connectivity index (χ0) is 10.6. The Bertz CT molecular complexity index is 278. The van der Waals surface area contributed by atoms with E-state index < -0.39 is 17.5 Å². The number of carboxylic acid groups (broad SMARTS) is 1. The number of hydrogen-bond acceptors (Lipinski definition) is 3. The van der Waals surface area contributed by atoms with E-state index in [1.807, 2.05) is 20.8 Å². The summed E-state index contributed by atoms with van der Waals surface area (Å²) in [6, 6.07) is 0. The number of hydrogen-bond donors (Lipinski definition) is 1. The van der Waals surface area contributed by atoms with Crippen molar-refractivity contribution in [3.05, 3.63) is 0 Å². The highest BCUT2D eigenvalue weighted by Gasteiger charge is 2.56. The van der Waals surface area contributed by atoms with Crippen molar-refractivity contribution < 1.29 is 19.4 Å². The van der Waals surface area contributed by atoms with Crippen LogP contribution in [0.25, 0.3) is 0 Å².